The third kappa shape index (κ3) is 6.83. The van der Waals surface area contributed by atoms with E-state index in [2.05, 4.69) is 5.32 Å². The average Bonchev–Trinajstić information content (AvgIpc) is 1.98. The zero-order valence-corrected chi connectivity index (χ0v) is 7.86. The Bertz CT molecular complexity index is 240. The van der Waals surface area contributed by atoms with E-state index in [-0.39, 0.29) is 5.92 Å². The molecular weight excluding hydrogens is 192 g/mol. The highest BCUT2D eigenvalue weighted by Gasteiger charge is 2.10. The van der Waals surface area contributed by atoms with E-state index in [1.165, 1.54) is 5.43 Å². The second kappa shape index (κ2) is 5.73. The maximum Gasteiger partial charge on any atom is 0.380 e. The van der Waals surface area contributed by atoms with E-state index in [0.717, 1.165) is 0 Å². The van der Waals surface area contributed by atoms with Crippen molar-refractivity contribution in [1.29, 1.82) is 0 Å². The molecule has 0 spiro atoms. The van der Waals surface area contributed by atoms with Gasteiger partial charge in [0.2, 0.25) is 0 Å². The molecule has 0 atom stereocenters. The minimum Gasteiger partial charge on any atom is -0.337 e. The van der Waals surface area contributed by atoms with Crippen molar-refractivity contribution in [2.45, 2.75) is 13.8 Å². The maximum atomic E-state index is 10.8. The number of amides is 4. The van der Waals surface area contributed by atoms with Crippen molar-refractivity contribution in [1.82, 2.24) is 16.1 Å². The summed E-state index contributed by atoms with van der Waals surface area (Å²) in [4.78, 5) is 31.2. The van der Waals surface area contributed by atoms with Crippen molar-refractivity contribution in [2.24, 2.45) is 5.92 Å². The average molecular weight is 204 g/mol. The summed E-state index contributed by atoms with van der Waals surface area (Å²) >= 11 is 0. The standard InChI is InChI=1S/C6H12N4O4/c1-4(2)3-7-5(11)8-6(12)9-10(13)14/h4H,3H2,1-2H3,(H3,7,8,9,11,12). The lowest BCUT2D eigenvalue weighted by molar-refractivity contribution is -0.527. The molecule has 0 aliphatic heterocycles. The number of imide groups is 1. The maximum absolute atomic E-state index is 10.8. The van der Waals surface area contributed by atoms with Crippen LogP contribution >= 0.6 is 0 Å². The number of rotatable bonds is 3. The number of nitrogens with one attached hydrogen (secondary N) is 3. The van der Waals surface area contributed by atoms with Crippen LogP contribution in [0.15, 0.2) is 0 Å². The summed E-state index contributed by atoms with van der Waals surface area (Å²) in [5, 5.41) is 12.8. The molecule has 0 aliphatic carbocycles. The quantitative estimate of drug-likeness (QED) is 0.438. The normalized spacial score (nSPS) is 9.36. The Balaban J connectivity index is 3.72. The van der Waals surface area contributed by atoms with Crippen LogP contribution in [-0.2, 0) is 0 Å². The number of hydrazine groups is 1. The van der Waals surface area contributed by atoms with Gasteiger partial charge in [0, 0.05) is 6.54 Å². The lowest BCUT2D eigenvalue weighted by atomic mass is 10.2. The fourth-order valence-corrected chi connectivity index (χ4v) is 0.555. The molecule has 0 aromatic carbocycles. The van der Waals surface area contributed by atoms with E-state index in [4.69, 9.17) is 0 Å². The van der Waals surface area contributed by atoms with Crippen LogP contribution in [0.3, 0.4) is 0 Å². The summed E-state index contributed by atoms with van der Waals surface area (Å²) in [5.74, 6) is 0.235. The molecule has 0 radical (unpaired) electrons. The first-order chi connectivity index (χ1) is 6.41. The molecule has 4 amide bonds. The van der Waals surface area contributed by atoms with Crippen LogP contribution in [-0.4, -0.2) is 23.6 Å². The van der Waals surface area contributed by atoms with Crippen molar-refractivity contribution >= 4 is 12.1 Å². The Kier molecular flexibility index (Phi) is 4.97. The molecule has 0 saturated heterocycles. The molecule has 14 heavy (non-hydrogen) atoms. The Morgan fingerprint density at radius 3 is 2.36 bits per heavy atom. The van der Waals surface area contributed by atoms with Gasteiger partial charge in [-0.2, -0.15) is 0 Å². The summed E-state index contributed by atoms with van der Waals surface area (Å²) in [5.41, 5.74) is 1.27. The van der Waals surface area contributed by atoms with Gasteiger partial charge in [0.25, 0.3) is 0 Å². The van der Waals surface area contributed by atoms with Gasteiger partial charge in [0.05, 0.1) is 0 Å². The Hall–Kier alpha value is -1.86. The van der Waals surface area contributed by atoms with Gasteiger partial charge in [-0.05, 0) is 5.92 Å². The number of carbonyl (C=O) groups is 2. The molecule has 3 N–H and O–H groups in total. The number of carbonyl (C=O) groups excluding carboxylic acids is 2. The number of urea groups is 2. The molecule has 80 valence electrons. The fourth-order valence-electron chi connectivity index (χ4n) is 0.555. The molecule has 8 heteroatoms. The van der Waals surface area contributed by atoms with Crippen LogP contribution in [0.2, 0.25) is 0 Å². The summed E-state index contributed by atoms with van der Waals surface area (Å²) in [6.45, 7) is 4.13. The summed E-state index contributed by atoms with van der Waals surface area (Å²) < 4.78 is 0. The molecule has 0 aromatic rings. The molecule has 0 heterocycles. The SMILES string of the molecule is CC(C)CNC(=O)NC(=O)N[N+](=O)[O-]. The molecule has 0 aromatic heterocycles. The fraction of sp³-hybridized carbons (Fsp3) is 0.667. The van der Waals surface area contributed by atoms with Gasteiger partial charge >= 0.3 is 12.1 Å². The largest absolute Gasteiger partial charge is 0.380 e. The zero-order chi connectivity index (χ0) is 11.1. The summed E-state index contributed by atoms with van der Waals surface area (Å²) in [6.07, 6.45) is 0. The Labute approximate surface area is 80.2 Å². The summed E-state index contributed by atoms with van der Waals surface area (Å²) in [7, 11) is 0. The molecule has 0 fully saturated rings. The highest BCUT2D eigenvalue weighted by atomic mass is 16.7. The molecule has 0 bridgehead atoms. The minimum atomic E-state index is -1.17. The van der Waals surface area contributed by atoms with Crippen molar-refractivity contribution in [3.8, 4) is 0 Å². The Morgan fingerprint density at radius 1 is 1.36 bits per heavy atom. The van der Waals surface area contributed by atoms with Crippen LogP contribution in [0, 0.1) is 16.0 Å². The first-order valence-electron chi connectivity index (χ1n) is 3.91. The van der Waals surface area contributed by atoms with Crippen LogP contribution in [0.1, 0.15) is 13.8 Å². The van der Waals surface area contributed by atoms with E-state index in [1.807, 2.05) is 13.8 Å². The van der Waals surface area contributed by atoms with Gasteiger partial charge in [-0.15, -0.1) is 0 Å². The van der Waals surface area contributed by atoms with Crippen molar-refractivity contribution in [2.75, 3.05) is 6.54 Å². The second-order valence-electron chi connectivity index (χ2n) is 2.93. The van der Waals surface area contributed by atoms with Gasteiger partial charge in [-0.1, -0.05) is 19.3 Å². The first-order valence-corrected chi connectivity index (χ1v) is 3.91. The topological polar surface area (TPSA) is 113 Å². The number of hydrogen-bond donors (Lipinski definition) is 3. The van der Waals surface area contributed by atoms with Crippen molar-refractivity contribution in [3.63, 3.8) is 0 Å². The lowest BCUT2D eigenvalue weighted by Crippen LogP contribution is -2.47. The van der Waals surface area contributed by atoms with Crippen LogP contribution in [0.5, 0.6) is 0 Å². The molecule has 0 saturated carbocycles. The van der Waals surface area contributed by atoms with E-state index >= 15 is 0 Å². The third-order valence-corrected chi connectivity index (χ3v) is 1.09. The van der Waals surface area contributed by atoms with E-state index in [1.54, 1.807) is 5.32 Å². The number of nitro groups is 1. The number of nitrogens with zero attached hydrogens (tertiary/aromatic N) is 1. The van der Waals surface area contributed by atoms with E-state index < -0.39 is 17.1 Å². The van der Waals surface area contributed by atoms with Crippen molar-refractivity contribution < 1.29 is 14.6 Å². The zero-order valence-electron chi connectivity index (χ0n) is 7.86. The molecular formula is C6H12N4O4. The van der Waals surface area contributed by atoms with Gasteiger partial charge < -0.3 is 5.32 Å². The second-order valence-corrected chi connectivity index (χ2v) is 2.93. The monoisotopic (exact) mass is 204 g/mol. The Morgan fingerprint density at radius 2 is 1.93 bits per heavy atom. The molecule has 0 unspecified atom stereocenters. The predicted octanol–water partition coefficient (Wildman–Crippen LogP) is -0.157. The van der Waals surface area contributed by atoms with Gasteiger partial charge in [0.15, 0.2) is 5.03 Å². The first kappa shape index (κ1) is 12.1. The predicted molar refractivity (Wildman–Crippen MR) is 46.9 cm³/mol. The smallest absolute Gasteiger partial charge is 0.337 e. The molecule has 8 nitrogen and oxygen atoms in total. The highest BCUT2D eigenvalue weighted by Crippen LogP contribution is 1.86. The van der Waals surface area contributed by atoms with Crippen LogP contribution < -0.4 is 16.1 Å². The summed E-state index contributed by atoms with van der Waals surface area (Å²) in [6, 6.07) is -1.94. The van der Waals surface area contributed by atoms with Crippen molar-refractivity contribution in [3.05, 3.63) is 10.1 Å². The number of hydrogen-bond acceptors (Lipinski definition) is 4. The molecule has 0 rings (SSSR count). The minimum absolute atomic E-state index is 0.235. The molecule has 0 aliphatic rings. The van der Waals surface area contributed by atoms with Gasteiger partial charge in [0.1, 0.15) is 0 Å². The van der Waals surface area contributed by atoms with Gasteiger partial charge in [-0.3, -0.25) is 5.32 Å². The lowest BCUT2D eigenvalue weighted by Gasteiger charge is -2.06. The third-order valence-electron chi connectivity index (χ3n) is 1.09. The highest BCUT2D eigenvalue weighted by molar-refractivity contribution is 5.92. The van der Waals surface area contributed by atoms with Crippen LogP contribution in [0.25, 0.3) is 0 Å². The van der Waals surface area contributed by atoms with E-state index in [9.17, 15) is 19.7 Å². The van der Waals surface area contributed by atoms with E-state index in [0.29, 0.717) is 6.54 Å². The van der Waals surface area contributed by atoms with Gasteiger partial charge in [-0.25, -0.2) is 19.7 Å². The van der Waals surface area contributed by atoms with Crippen LogP contribution in [0.4, 0.5) is 9.59 Å².